The van der Waals surface area contributed by atoms with E-state index in [2.05, 4.69) is 10.6 Å². The standard InChI is InChI=1S/C16H14ClN3O4/c1-9-3-4-11(7-15(9)20(23)24)16(22)19-12-5-6-13(17)14(8-12)18-10(2)21/h3-8H,1-2H3,(H,18,21)(H,19,22). The zero-order valence-electron chi connectivity index (χ0n) is 12.9. The van der Waals surface area contributed by atoms with Crippen LogP contribution in [0.15, 0.2) is 36.4 Å². The van der Waals surface area contributed by atoms with Gasteiger partial charge < -0.3 is 10.6 Å². The van der Waals surface area contributed by atoms with Gasteiger partial charge in [0.05, 0.1) is 15.6 Å². The van der Waals surface area contributed by atoms with Gasteiger partial charge in [0.15, 0.2) is 0 Å². The lowest BCUT2D eigenvalue weighted by Gasteiger charge is -2.10. The van der Waals surface area contributed by atoms with Crippen LogP contribution >= 0.6 is 11.6 Å². The largest absolute Gasteiger partial charge is 0.325 e. The van der Waals surface area contributed by atoms with Gasteiger partial charge in [0, 0.05) is 29.8 Å². The number of nitro benzene ring substituents is 1. The van der Waals surface area contributed by atoms with Gasteiger partial charge in [0.25, 0.3) is 11.6 Å². The monoisotopic (exact) mass is 347 g/mol. The van der Waals surface area contributed by atoms with E-state index >= 15 is 0 Å². The average Bonchev–Trinajstić information content (AvgIpc) is 2.50. The topological polar surface area (TPSA) is 101 Å². The van der Waals surface area contributed by atoms with E-state index in [-0.39, 0.29) is 17.2 Å². The molecule has 0 spiro atoms. The fraction of sp³-hybridized carbons (Fsp3) is 0.125. The Labute approximate surface area is 142 Å². The number of nitro groups is 1. The molecule has 0 heterocycles. The van der Waals surface area contributed by atoms with Crippen LogP contribution in [-0.4, -0.2) is 16.7 Å². The molecule has 0 saturated carbocycles. The third-order valence-electron chi connectivity index (χ3n) is 3.20. The molecule has 0 aliphatic carbocycles. The van der Waals surface area contributed by atoms with Crippen molar-refractivity contribution in [3.05, 3.63) is 62.7 Å². The Kier molecular flexibility index (Phi) is 5.15. The molecule has 7 nitrogen and oxygen atoms in total. The molecule has 2 amide bonds. The van der Waals surface area contributed by atoms with Crippen molar-refractivity contribution in [2.45, 2.75) is 13.8 Å². The van der Waals surface area contributed by atoms with Crippen LogP contribution in [-0.2, 0) is 4.79 Å². The molecule has 2 rings (SSSR count). The number of carbonyl (C=O) groups is 2. The highest BCUT2D eigenvalue weighted by atomic mass is 35.5. The highest BCUT2D eigenvalue weighted by molar-refractivity contribution is 6.33. The minimum Gasteiger partial charge on any atom is -0.325 e. The Morgan fingerprint density at radius 2 is 1.83 bits per heavy atom. The van der Waals surface area contributed by atoms with Crippen molar-refractivity contribution in [1.82, 2.24) is 0 Å². The van der Waals surface area contributed by atoms with Gasteiger partial charge in [0.1, 0.15) is 0 Å². The van der Waals surface area contributed by atoms with E-state index in [0.29, 0.717) is 22.0 Å². The number of halogens is 1. The first-order chi connectivity index (χ1) is 11.3. The summed E-state index contributed by atoms with van der Waals surface area (Å²) in [5.74, 6) is -0.802. The molecule has 2 N–H and O–H groups in total. The van der Waals surface area contributed by atoms with Gasteiger partial charge in [-0.05, 0) is 31.2 Å². The summed E-state index contributed by atoms with van der Waals surface area (Å²) in [5, 5.41) is 16.4. The van der Waals surface area contributed by atoms with E-state index in [9.17, 15) is 19.7 Å². The molecule has 0 fully saturated rings. The predicted octanol–water partition coefficient (Wildman–Crippen LogP) is 3.77. The molecule has 0 aliphatic rings. The lowest BCUT2D eigenvalue weighted by atomic mass is 10.1. The quantitative estimate of drug-likeness (QED) is 0.649. The Morgan fingerprint density at radius 1 is 1.12 bits per heavy atom. The number of nitrogens with zero attached hydrogens (tertiary/aromatic N) is 1. The molecule has 0 aliphatic heterocycles. The van der Waals surface area contributed by atoms with Crippen LogP contribution in [0.1, 0.15) is 22.8 Å². The Bertz CT molecular complexity index is 836. The minimum atomic E-state index is -0.538. The molecule has 0 aromatic heterocycles. The molecule has 0 radical (unpaired) electrons. The van der Waals surface area contributed by atoms with Crippen molar-refractivity contribution in [2.75, 3.05) is 10.6 Å². The Morgan fingerprint density at radius 3 is 2.46 bits per heavy atom. The predicted molar refractivity (Wildman–Crippen MR) is 91.5 cm³/mol. The first-order valence-corrected chi connectivity index (χ1v) is 7.29. The summed E-state index contributed by atoms with van der Waals surface area (Å²) >= 11 is 5.96. The molecule has 8 heteroatoms. The van der Waals surface area contributed by atoms with Crippen molar-refractivity contribution in [3.8, 4) is 0 Å². The van der Waals surface area contributed by atoms with E-state index in [1.165, 1.54) is 37.3 Å². The number of carbonyl (C=O) groups excluding carboxylic acids is 2. The lowest BCUT2D eigenvalue weighted by Crippen LogP contribution is -2.13. The second-order valence-corrected chi connectivity index (χ2v) is 5.50. The summed E-state index contributed by atoms with van der Waals surface area (Å²) in [6, 6.07) is 8.83. The van der Waals surface area contributed by atoms with Crippen molar-refractivity contribution in [1.29, 1.82) is 0 Å². The highest BCUT2D eigenvalue weighted by Crippen LogP contribution is 2.26. The number of benzene rings is 2. The first-order valence-electron chi connectivity index (χ1n) is 6.91. The summed E-state index contributed by atoms with van der Waals surface area (Å²) in [4.78, 5) is 33.8. The van der Waals surface area contributed by atoms with Gasteiger partial charge >= 0.3 is 0 Å². The maximum absolute atomic E-state index is 12.3. The molecule has 2 aromatic rings. The van der Waals surface area contributed by atoms with Crippen LogP contribution in [0.3, 0.4) is 0 Å². The molecular weight excluding hydrogens is 334 g/mol. The maximum atomic E-state index is 12.3. The smallest absolute Gasteiger partial charge is 0.273 e. The van der Waals surface area contributed by atoms with Crippen molar-refractivity contribution >= 4 is 40.5 Å². The average molecular weight is 348 g/mol. The van der Waals surface area contributed by atoms with Crippen LogP contribution in [0.4, 0.5) is 17.1 Å². The molecule has 124 valence electrons. The maximum Gasteiger partial charge on any atom is 0.273 e. The summed E-state index contributed by atoms with van der Waals surface area (Å²) in [6.45, 7) is 2.94. The molecule has 0 unspecified atom stereocenters. The molecular formula is C16H14ClN3O4. The fourth-order valence-electron chi connectivity index (χ4n) is 2.04. The molecule has 0 atom stereocenters. The van der Waals surface area contributed by atoms with Gasteiger partial charge in [-0.15, -0.1) is 0 Å². The van der Waals surface area contributed by atoms with E-state index in [4.69, 9.17) is 11.6 Å². The Hall–Kier alpha value is -2.93. The number of amides is 2. The van der Waals surface area contributed by atoms with E-state index in [1.54, 1.807) is 13.0 Å². The van der Waals surface area contributed by atoms with Crippen LogP contribution in [0.25, 0.3) is 0 Å². The van der Waals surface area contributed by atoms with Gasteiger partial charge in [-0.1, -0.05) is 17.7 Å². The van der Waals surface area contributed by atoms with Gasteiger partial charge in [-0.2, -0.15) is 0 Å². The van der Waals surface area contributed by atoms with Gasteiger partial charge in [-0.3, -0.25) is 19.7 Å². The third kappa shape index (κ3) is 4.08. The van der Waals surface area contributed by atoms with E-state index in [0.717, 1.165) is 0 Å². The van der Waals surface area contributed by atoms with Gasteiger partial charge in [-0.25, -0.2) is 0 Å². The third-order valence-corrected chi connectivity index (χ3v) is 3.53. The zero-order valence-corrected chi connectivity index (χ0v) is 13.7. The van der Waals surface area contributed by atoms with Crippen molar-refractivity contribution in [3.63, 3.8) is 0 Å². The van der Waals surface area contributed by atoms with Crippen LogP contribution < -0.4 is 10.6 Å². The normalized spacial score (nSPS) is 10.1. The van der Waals surface area contributed by atoms with Crippen LogP contribution in [0.2, 0.25) is 5.02 Å². The summed E-state index contributed by atoms with van der Waals surface area (Å²) in [6.07, 6.45) is 0. The van der Waals surface area contributed by atoms with Crippen LogP contribution in [0, 0.1) is 17.0 Å². The number of nitrogens with one attached hydrogen (secondary N) is 2. The lowest BCUT2D eigenvalue weighted by molar-refractivity contribution is -0.385. The molecule has 24 heavy (non-hydrogen) atoms. The number of rotatable bonds is 4. The Balaban J connectivity index is 2.25. The van der Waals surface area contributed by atoms with E-state index < -0.39 is 10.8 Å². The van der Waals surface area contributed by atoms with Crippen molar-refractivity contribution < 1.29 is 14.5 Å². The zero-order chi connectivity index (χ0) is 17.9. The number of hydrogen-bond acceptors (Lipinski definition) is 4. The second kappa shape index (κ2) is 7.10. The number of hydrogen-bond donors (Lipinski definition) is 2. The van der Waals surface area contributed by atoms with Crippen LogP contribution in [0.5, 0.6) is 0 Å². The number of anilines is 2. The molecule has 0 bridgehead atoms. The SMILES string of the molecule is CC(=O)Nc1cc(NC(=O)c2ccc(C)c([N+](=O)[O-])c2)ccc1Cl. The van der Waals surface area contributed by atoms with Crippen molar-refractivity contribution in [2.24, 2.45) is 0 Å². The van der Waals surface area contributed by atoms with E-state index in [1.807, 2.05) is 0 Å². The first kappa shape index (κ1) is 17.4. The van der Waals surface area contributed by atoms with Gasteiger partial charge in [0.2, 0.25) is 5.91 Å². The summed E-state index contributed by atoms with van der Waals surface area (Å²) in [7, 11) is 0. The summed E-state index contributed by atoms with van der Waals surface area (Å²) in [5.41, 5.74) is 1.25. The highest BCUT2D eigenvalue weighted by Gasteiger charge is 2.15. The molecule has 2 aromatic carbocycles. The summed E-state index contributed by atoms with van der Waals surface area (Å²) < 4.78 is 0. The minimum absolute atomic E-state index is 0.127. The molecule has 0 saturated heterocycles. The second-order valence-electron chi connectivity index (χ2n) is 5.09. The fourth-order valence-corrected chi connectivity index (χ4v) is 2.20. The number of aryl methyl sites for hydroxylation is 1.